The van der Waals surface area contributed by atoms with Crippen molar-refractivity contribution in [3.63, 3.8) is 0 Å². The first-order chi connectivity index (χ1) is 9.84. The minimum absolute atomic E-state index is 0.626. The second-order valence-electron chi connectivity index (χ2n) is 6.18. The van der Waals surface area contributed by atoms with Crippen LogP contribution in [0.4, 0.5) is 0 Å². The first-order valence-electron chi connectivity index (χ1n) is 8.35. The fraction of sp³-hybridized carbons (Fsp3) is 0.667. The van der Waals surface area contributed by atoms with E-state index in [0.29, 0.717) is 6.04 Å². The Balaban J connectivity index is 1.56. The van der Waals surface area contributed by atoms with Crippen molar-refractivity contribution in [2.24, 2.45) is 0 Å². The molecule has 1 aliphatic heterocycles. The van der Waals surface area contributed by atoms with Gasteiger partial charge in [0.2, 0.25) is 0 Å². The van der Waals surface area contributed by atoms with Gasteiger partial charge in [-0.3, -0.25) is 0 Å². The molecule has 1 aromatic carbocycles. The van der Waals surface area contributed by atoms with Gasteiger partial charge < -0.3 is 10.6 Å². The van der Waals surface area contributed by atoms with Gasteiger partial charge in [-0.2, -0.15) is 0 Å². The molecule has 0 aliphatic carbocycles. The summed E-state index contributed by atoms with van der Waals surface area (Å²) >= 11 is 0. The van der Waals surface area contributed by atoms with Crippen LogP contribution in [0.3, 0.4) is 0 Å². The highest BCUT2D eigenvalue weighted by molar-refractivity contribution is 5.14. The van der Waals surface area contributed by atoms with Crippen molar-refractivity contribution in [1.29, 1.82) is 0 Å². The fourth-order valence-corrected chi connectivity index (χ4v) is 3.10. The van der Waals surface area contributed by atoms with E-state index in [0.717, 1.165) is 12.6 Å². The molecule has 0 saturated carbocycles. The molecule has 112 valence electrons. The maximum Gasteiger partial charge on any atom is 0.00817 e. The topological polar surface area (TPSA) is 24.1 Å². The zero-order chi connectivity index (χ0) is 14.0. The third-order valence-electron chi connectivity index (χ3n) is 4.28. The molecule has 2 atom stereocenters. The molecule has 0 amide bonds. The van der Waals surface area contributed by atoms with E-state index in [1.807, 2.05) is 0 Å². The number of hydrogen-bond donors (Lipinski definition) is 2. The zero-order valence-corrected chi connectivity index (χ0v) is 12.9. The van der Waals surface area contributed by atoms with Crippen molar-refractivity contribution in [1.82, 2.24) is 10.6 Å². The molecule has 2 rings (SSSR count). The standard InChI is InChI=1S/C18H30N2/c1-16(15-18-12-6-3-7-13-20-18)19-14-8-11-17-9-4-2-5-10-17/h2,4-5,9-10,16,18-20H,3,6-8,11-15H2,1H3. The van der Waals surface area contributed by atoms with Gasteiger partial charge in [-0.05, 0) is 57.7 Å². The summed E-state index contributed by atoms with van der Waals surface area (Å²) in [4.78, 5) is 0. The Morgan fingerprint density at radius 2 is 2.05 bits per heavy atom. The van der Waals surface area contributed by atoms with E-state index in [1.54, 1.807) is 0 Å². The minimum Gasteiger partial charge on any atom is -0.314 e. The molecular weight excluding hydrogens is 244 g/mol. The summed E-state index contributed by atoms with van der Waals surface area (Å²) in [5, 5.41) is 7.37. The monoisotopic (exact) mass is 274 g/mol. The van der Waals surface area contributed by atoms with E-state index >= 15 is 0 Å². The number of nitrogens with one attached hydrogen (secondary N) is 2. The van der Waals surface area contributed by atoms with Crippen LogP contribution in [0, 0.1) is 0 Å². The lowest BCUT2D eigenvalue weighted by atomic mass is 10.0. The van der Waals surface area contributed by atoms with Crippen molar-refractivity contribution in [2.75, 3.05) is 13.1 Å². The van der Waals surface area contributed by atoms with Gasteiger partial charge in [-0.1, -0.05) is 43.2 Å². The van der Waals surface area contributed by atoms with Gasteiger partial charge in [0.25, 0.3) is 0 Å². The summed E-state index contributed by atoms with van der Waals surface area (Å²) < 4.78 is 0. The molecule has 0 bridgehead atoms. The third kappa shape index (κ3) is 6.06. The SMILES string of the molecule is CC(CC1CCCCCN1)NCCCc1ccccc1. The second-order valence-corrected chi connectivity index (χ2v) is 6.18. The van der Waals surface area contributed by atoms with E-state index in [4.69, 9.17) is 0 Å². The van der Waals surface area contributed by atoms with E-state index < -0.39 is 0 Å². The van der Waals surface area contributed by atoms with Crippen molar-refractivity contribution in [3.8, 4) is 0 Å². The van der Waals surface area contributed by atoms with Gasteiger partial charge in [-0.15, -0.1) is 0 Å². The second kappa shape index (κ2) is 9.15. The lowest BCUT2D eigenvalue weighted by Gasteiger charge is -2.21. The van der Waals surface area contributed by atoms with Crippen LogP contribution in [0.2, 0.25) is 0 Å². The molecule has 2 N–H and O–H groups in total. The molecule has 1 fully saturated rings. The van der Waals surface area contributed by atoms with Crippen LogP contribution < -0.4 is 10.6 Å². The Morgan fingerprint density at radius 1 is 1.20 bits per heavy atom. The van der Waals surface area contributed by atoms with Gasteiger partial charge in [0, 0.05) is 12.1 Å². The zero-order valence-electron chi connectivity index (χ0n) is 12.9. The van der Waals surface area contributed by atoms with Crippen LogP contribution in [0.5, 0.6) is 0 Å². The molecule has 1 aliphatic rings. The lowest BCUT2D eigenvalue weighted by molar-refractivity contribution is 0.402. The smallest absolute Gasteiger partial charge is 0.00817 e. The predicted octanol–water partition coefficient (Wildman–Crippen LogP) is 3.52. The lowest BCUT2D eigenvalue weighted by Crippen LogP contribution is -2.37. The summed E-state index contributed by atoms with van der Waals surface area (Å²) in [5.41, 5.74) is 1.45. The normalized spacial score (nSPS) is 21.4. The minimum atomic E-state index is 0.626. The summed E-state index contributed by atoms with van der Waals surface area (Å²) in [6.07, 6.45) is 9.20. The first kappa shape index (κ1) is 15.5. The molecule has 0 spiro atoms. The average molecular weight is 274 g/mol. The Kier molecular flexibility index (Phi) is 7.10. The maximum absolute atomic E-state index is 3.69. The maximum atomic E-state index is 3.69. The fourth-order valence-electron chi connectivity index (χ4n) is 3.10. The van der Waals surface area contributed by atoms with Crippen LogP contribution in [0.1, 0.15) is 51.0 Å². The Bertz CT molecular complexity index is 342. The van der Waals surface area contributed by atoms with E-state index in [9.17, 15) is 0 Å². The van der Waals surface area contributed by atoms with Crippen molar-refractivity contribution >= 4 is 0 Å². The van der Waals surface area contributed by atoms with Crippen molar-refractivity contribution in [3.05, 3.63) is 35.9 Å². The first-order valence-corrected chi connectivity index (χ1v) is 8.35. The molecule has 20 heavy (non-hydrogen) atoms. The van der Waals surface area contributed by atoms with Crippen molar-refractivity contribution < 1.29 is 0 Å². The van der Waals surface area contributed by atoms with Crippen LogP contribution in [0.25, 0.3) is 0 Å². The molecule has 1 aromatic rings. The summed E-state index contributed by atoms with van der Waals surface area (Å²) in [5.74, 6) is 0. The van der Waals surface area contributed by atoms with Crippen molar-refractivity contribution in [2.45, 2.75) is 64.0 Å². The van der Waals surface area contributed by atoms with Gasteiger partial charge in [0.15, 0.2) is 0 Å². The highest BCUT2D eigenvalue weighted by atomic mass is 14.9. The summed E-state index contributed by atoms with van der Waals surface area (Å²) in [7, 11) is 0. The summed E-state index contributed by atoms with van der Waals surface area (Å²) in [6.45, 7) is 4.67. The van der Waals surface area contributed by atoms with E-state index in [2.05, 4.69) is 47.9 Å². The van der Waals surface area contributed by atoms with Crippen LogP contribution >= 0.6 is 0 Å². The van der Waals surface area contributed by atoms with Crippen LogP contribution in [-0.2, 0) is 6.42 Å². The van der Waals surface area contributed by atoms with E-state index in [-0.39, 0.29) is 0 Å². The molecule has 2 nitrogen and oxygen atoms in total. The quantitative estimate of drug-likeness (QED) is 0.743. The highest BCUT2D eigenvalue weighted by Crippen LogP contribution is 2.12. The molecule has 1 heterocycles. The molecule has 0 aromatic heterocycles. The Labute approximate surface area is 124 Å². The van der Waals surface area contributed by atoms with E-state index in [1.165, 1.54) is 57.1 Å². The molecule has 1 saturated heterocycles. The number of rotatable bonds is 7. The molecule has 2 unspecified atom stereocenters. The Hall–Kier alpha value is -0.860. The third-order valence-corrected chi connectivity index (χ3v) is 4.28. The van der Waals surface area contributed by atoms with Gasteiger partial charge in [0.1, 0.15) is 0 Å². The molecule has 2 heteroatoms. The van der Waals surface area contributed by atoms with Gasteiger partial charge >= 0.3 is 0 Å². The summed E-state index contributed by atoms with van der Waals surface area (Å²) in [6, 6.07) is 12.1. The van der Waals surface area contributed by atoms with Crippen LogP contribution in [-0.4, -0.2) is 25.2 Å². The average Bonchev–Trinajstić information content (AvgIpc) is 2.73. The number of benzene rings is 1. The predicted molar refractivity (Wildman–Crippen MR) is 87.1 cm³/mol. The van der Waals surface area contributed by atoms with Crippen LogP contribution in [0.15, 0.2) is 30.3 Å². The Morgan fingerprint density at radius 3 is 2.90 bits per heavy atom. The molecular formula is C18H30N2. The van der Waals surface area contributed by atoms with Gasteiger partial charge in [0.05, 0.1) is 0 Å². The molecule has 0 radical (unpaired) electrons. The number of aryl methyl sites for hydroxylation is 1. The van der Waals surface area contributed by atoms with Gasteiger partial charge in [-0.25, -0.2) is 0 Å². The highest BCUT2D eigenvalue weighted by Gasteiger charge is 2.14. The number of hydrogen-bond acceptors (Lipinski definition) is 2. The largest absolute Gasteiger partial charge is 0.314 e.